The lowest BCUT2D eigenvalue weighted by Crippen LogP contribution is -2.50. The molecule has 0 radical (unpaired) electrons. The van der Waals surface area contributed by atoms with Crippen molar-refractivity contribution in [2.45, 2.75) is 13.8 Å². The number of benzene rings is 1. The Morgan fingerprint density at radius 3 is 2.04 bits per heavy atom. The number of rotatable bonds is 2. The number of aromatic amines is 1. The van der Waals surface area contributed by atoms with Crippen LogP contribution in [-0.4, -0.2) is 58.0 Å². The third kappa shape index (κ3) is 3.26. The van der Waals surface area contributed by atoms with Gasteiger partial charge in [0.15, 0.2) is 0 Å². The minimum atomic E-state index is -0.0863. The molecule has 1 aromatic heterocycles. The second kappa shape index (κ2) is 6.24. The number of piperazine rings is 1. The summed E-state index contributed by atoms with van der Waals surface area (Å²) >= 11 is 0. The molecule has 1 saturated heterocycles. The second-order valence-corrected chi connectivity index (χ2v) is 5.89. The molecule has 120 valence electrons. The van der Waals surface area contributed by atoms with E-state index in [1.807, 2.05) is 38.1 Å². The van der Waals surface area contributed by atoms with Gasteiger partial charge in [-0.2, -0.15) is 5.10 Å². The molecular weight excluding hydrogens is 292 g/mol. The summed E-state index contributed by atoms with van der Waals surface area (Å²) in [5.74, 6) is -0.0653. The number of carbonyl (C=O) groups is 2. The van der Waals surface area contributed by atoms with E-state index >= 15 is 0 Å². The summed E-state index contributed by atoms with van der Waals surface area (Å²) in [4.78, 5) is 28.3. The zero-order valence-electron chi connectivity index (χ0n) is 13.4. The smallest absolute Gasteiger partial charge is 0.274 e. The van der Waals surface area contributed by atoms with Gasteiger partial charge >= 0.3 is 0 Å². The molecular formula is C17H20N4O2. The highest BCUT2D eigenvalue weighted by molar-refractivity contribution is 5.95. The van der Waals surface area contributed by atoms with Crippen molar-refractivity contribution < 1.29 is 9.59 Å². The van der Waals surface area contributed by atoms with E-state index in [0.29, 0.717) is 37.4 Å². The molecule has 1 aliphatic rings. The number of nitrogens with one attached hydrogen (secondary N) is 1. The van der Waals surface area contributed by atoms with Gasteiger partial charge in [0.1, 0.15) is 5.69 Å². The van der Waals surface area contributed by atoms with E-state index in [9.17, 15) is 9.59 Å². The van der Waals surface area contributed by atoms with Crippen LogP contribution in [0.3, 0.4) is 0 Å². The molecule has 0 unspecified atom stereocenters. The first kappa shape index (κ1) is 15.3. The zero-order valence-corrected chi connectivity index (χ0v) is 13.4. The van der Waals surface area contributed by atoms with Crippen LogP contribution in [0.2, 0.25) is 0 Å². The molecule has 0 aliphatic carbocycles. The molecule has 1 fully saturated rings. The van der Waals surface area contributed by atoms with Gasteiger partial charge in [-0.05, 0) is 32.0 Å². The lowest BCUT2D eigenvalue weighted by Gasteiger charge is -2.34. The van der Waals surface area contributed by atoms with Crippen LogP contribution in [0.4, 0.5) is 0 Å². The van der Waals surface area contributed by atoms with Crippen molar-refractivity contribution in [3.8, 4) is 0 Å². The predicted molar refractivity (Wildman–Crippen MR) is 86.3 cm³/mol. The Bertz CT molecular complexity index is 712. The van der Waals surface area contributed by atoms with Crippen molar-refractivity contribution in [3.63, 3.8) is 0 Å². The number of amides is 2. The van der Waals surface area contributed by atoms with E-state index in [0.717, 1.165) is 11.3 Å². The maximum Gasteiger partial charge on any atom is 0.274 e. The molecule has 1 aliphatic heterocycles. The largest absolute Gasteiger partial charge is 0.335 e. The Morgan fingerprint density at radius 1 is 0.957 bits per heavy atom. The van der Waals surface area contributed by atoms with Crippen LogP contribution < -0.4 is 0 Å². The van der Waals surface area contributed by atoms with Gasteiger partial charge in [0.05, 0.1) is 0 Å². The standard InChI is InChI=1S/C17H20N4O2/c1-12-3-5-14(6-4-12)16(22)20-7-9-21(10-8-20)17(23)15-11-13(2)18-19-15/h3-6,11H,7-10H2,1-2H3,(H,18,19). The van der Waals surface area contributed by atoms with E-state index in [-0.39, 0.29) is 11.8 Å². The van der Waals surface area contributed by atoms with Crippen LogP contribution in [-0.2, 0) is 0 Å². The minimum absolute atomic E-state index is 0.0210. The Balaban J connectivity index is 1.61. The van der Waals surface area contributed by atoms with Crippen LogP contribution >= 0.6 is 0 Å². The van der Waals surface area contributed by atoms with E-state index in [2.05, 4.69) is 10.2 Å². The number of nitrogens with zero attached hydrogens (tertiary/aromatic N) is 3. The molecule has 3 rings (SSSR count). The Hall–Kier alpha value is -2.63. The Morgan fingerprint density at radius 2 is 1.52 bits per heavy atom. The maximum atomic E-state index is 12.5. The normalized spacial score (nSPS) is 14.9. The molecule has 6 heteroatoms. The van der Waals surface area contributed by atoms with E-state index < -0.39 is 0 Å². The number of carbonyl (C=O) groups excluding carboxylic acids is 2. The summed E-state index contributed by atoms with van der Waals surface area (Å²) in [6.07, 6.45) is 0. The minimum Gasteiger partial charge on any atom is -0.335 e. The fraction of sp³-hybridized carbons (Fsp3) is 0.353. The van der Waals surface area contributed by atoms with Crippen molar-refractivity contribution in [1.82, 2.24) is 20.0 Å². The number of hydrogen-bond donors (Lipinski definition) is 1. The number of H-pyrrole nitrogens is 1. The Kier molecular flexibility index (Phi) is 4.14. The highest BCUT2D eigenvalue weighted by Gasteiger charge is 2.26. The van der Waals surface area contributed by atoms with E-state index in [1.165, 1.54) is 0 Å². The van der Waals surface area contributed by atoms with Gasteiger partial charge in [-0.25, -0.2) is 0 Å². The molecule has 6 nitrogen and oxygen atoms in total. The highest BCUT2D eigenvalue weighted by atomic mass is 16.2. The van der Waals surface area contributed by atoms with Gasteiger partial charge in [-0.1, -0.05) is 17.7 Å². The zero-order chi connectivity index (χ0) is 16.4. The van der Waals surface area contributed by atoms with Crippen molar-refractivity contribution in [2.24, 2.45) is 0 Å². The predicted octanol–water partition coefficient (Wildman–Crippen LogP) is 1.62. The van der Waals surface area contributed by atoms with Crippen molar-refractivity contribution in [3.05, 3.63) is 52.8 Å². The van der Waals surface area contributed by atoms with Crippen LogP contribution in [0, 0.1) is 13.8 Å². The molecule has 23 heavy (non-hydrogen) atoms. The van der Waals surface area contributed by atoms with E-state index in [1.54, 1.807) is 15.9 Å². The first-order valence-corrected chi connectivity index (χ1v) is 7.72. The van der Waals surface area contributed by atoms with Crippen molar-refractivity contribution >= 4 is 11.8 Å². The molecule has 1 aromatic carbocycles. The monoisotopic (exact) mass is 312 g/mol. The molecule has 0 bridgehead atoms. The van der Waals surface area contributed by atoms with Crippen molar-refractivity contribution in [2.75, 3.05) is 26.2 Å². The van der Waals surface area contributed by atoms with Crippen LogP contribution in [0.1, 0.15) is 32.1 Å². The quantitative estimate of drug-likeness (QED) is 0.916. The highest BCUT2D eigenvalue weighted by Crippen LogP contribution is 2.12. The average Bonchev–Trinajstić information content (AvgIpc) is 3.01. The van der Waals surface area contributed by atoms with Crippen LogP contribution in [0.25, 0.3) is 0 Å². The first-order valence-electron chi connectivity index (χ1n) is 7.72. The van der Waals surface area contributed by atoms with Crippen LogP contribution in [0.15, 0.2) is 30.3 Å². The SMILES string of the molecule is Cc1ccc(C(=O)N2CCN(C(=O)c3cc(C)[nH]n3)CC2)cc1. The summed E-state index contributed by atoms with van der Waals surface area (Å²) in [6, 6.07) is 9.31. The fourth-order valence-electron chi connectivity index (χ4n) is 2.68. The van der Waals surface area contributed by atoms with Gasteiger partial charge in [-0.3, -0.25) is 14.7 Å². The van der Waals surface area contributed by atoms with Gasteiger partial charge in [0.2, 0.25) is 0 Å². The maximum absolute atomic E-state index is 12.5. The summed E-state index contributed by atoms with van der Waals surface area (Å²) in [6.45, 7) is 6.01. The molecule has 1 N–H and O–H groups in total. The molecule has 2 heterocycles. The van der Waals surface area contributed by atoms with Gasteiger partial charge in [0.25, 0.3) is 11.8 Å². The number of aromatic nitrogens is 2. The van der Waals surface area contributed by atoms with Gasteiger partial charge in [0, 0.05) is 37.4 Å². The van der Waals surface area contributed by atoms with Crippen molar-refractivity contribution in [1.29, 1.82) is 0 Å². The summed E-state index contributed by atoms with van der Waals surface area (Å²) < 4.78 is 0. The summed E-state index contributed by atoms with van der Waals surface area (Å²) in [7, 11) is 0. The first-order chi connectivity index (χ1) is 11.0. The van der Waals surface area contributed by atoms with Gasteiger partial charge < -0.3 is 9.80 Å². The third-order valence-corrected chi connectivity index (χ3v) is 4.08. The van der Waals surface area contributed by atoms with E-state index in [4.69, 9.17) is 0 Å². The topological polar surface area (TPSA) is 69.3 Å². The third-order valence-electron chi connectivity index (χ3n) is 4.08. The molecule has 0 saturated carbocycles. The second-order valence-electron chi connectivity index (χ2n) is 5.89. The Labute approximate surface area is 135 Å². The molecule has 0 atom stereocenters. The number of aryl methyl sites for hydroxylation is 2. The molecule has 2 aromatic rings. The number of hydrogen-bond acceptors (Lipinski definition) is 3. The summed E-state index contributed by atoms with van der Waals surface area (Å²) in [5.41, 5.74) is 3.12. The lowest BCUT2D eigenvalue weighted by molar-refractivity contribution is 0.0532. The average molecular weight is 312 g/mol. The molecule has 0 spiro atoms. The van der Waals surface area contributed by atoms with Crippen LogP contribution in [0.5, 0.6) is 0 Å². The molecule has 2 amide bonds. The fourth-order valence-corrected chi connectivity index (χ4v) is 2.68. The summed E-state index contributed by atoms with van der Waals surface area (Å²) in [5, 5.41) is 6.78. The lowest BCUT2D eigenvalue weighted by atomic mass is 10.1. The van der Waals surface area contributed by atoms with Gasteiger partial charge in [-0.15, -0.1) is 0 Å².